The molecule has 0 radical (unpaired) electrons. The molecule has 8 heteroatoms. The Morgan fingerprint density at radius 2 is 1.89 bits per heavy atom. The number of rotatable bonds is 6. The number of nitrogens with one attached hydrogen (secondary N) is 1. The second kappa shape index (κ2) is 7.61. The van der Waals surface area contributed by atoms with Crippen LogP contribution < -0.4 is 4.72 Å². The molecule has 1 heterocycles. The molecule has 0 amide bonds. The third kappa shape index (κ3) is 4.17. The van der Waals surface area contributed by atoms with Gasteiger partial charge in [0.15, 0.2) is 0 Å². The van der Waals surface area contributed by atoms with Crippen molar-refractivity contribution in [3.63, 3.8) is 0 Å². The lowest BCUT2D eigenvalue weighted by Crippen LogP contribution is -2.42. The van der Waals surface area contributed by atoms with E-state index in [2.05, 4.69) is 20.7 Å². The van der Waals surface area contributed by atoms with Crippen molar-refractivity contribution >= 4 is 53.9 Å². The van der Waals surface area contributed by atoms with Crippen molar-refractivity contribution in [1.29, 1.82) is 0 Å². The second-order valence-electron chi connectivity index (χ2n) is 6.73. The van der Waals surface area contributed by atoms with E-state index in [0.717, 1.165) is 9.86 Å². The molecule has 0 saturated heterocycles. The molecular weight excluding hydrogens is 434 g/mol. The van der Waals surface area contributed by atoms with Crippen LogP contribution in [-0.4, -0.2) is 27.5 Å². The van der Waals surface area contributed by atoms with Gasteiger partial charge in [-0.15, -0.1) is 0 Å². The van der Waals surface area contributed by atoms with Gasteiger partial charge in [0.2, 0.25) is 10.0 Å². The normalized spacial score (nSPS) is 13.4. The van der Waals surface area contributed by atoms with Crippen LogP contribution >= 0.6 is 15.9 Å². The summed E-state index contributed by atoms with van der Waals surface area (Å²) in [5.41, 5.74) is 1.25. The number of benzene rings is 2. The van der Waals surface area contributed by atoms with Crippen LogP contribution in [0, 0.1) is 5.92 Å². The van der Waals surface area contributed by atoms with Crippen molar-refractivity contribution in [2.24, 2.45) is 5.92 Å². The first-order chi connectivity index (χ1) is 12.7. The summed E-state index contributed by atoms with van der Waals surface area (Å²) in [7, 11) is -2.67. The molecule has 3 rings (SSSR count). The van der Waals surface area contributed by atoms with Crippen molar-refractivity contribution in [2.75, 3.05) is 7.11 Å². The van der Waals surface area contributed by atoms with Crippen molar-refractivity contribution < 1.29 is 22.4 Å². The predicted octanol–water partition coefficient (Wildman–Crippen LogP) is 4.21. The Bertz CT molecular complexity index is 1100. The third-order valence-electron chi connectivity index (χ3n) is 4.21. The minimum atomic E-state index is -3.91. The highest BCUT2D eigenvalue weighted by atomic mass is 79.9. The Morgan fingerprint density at radius 1 is 1.15 bits per heavy atom. The third-order valence-corrected chi connectivity index (χ3v) is 6.17. The van der Waals surface area contributed by atoms with Gasteiger partial charge in [-0.3, -0.25) is 4.79 Å². The molecule has 0 bridgehead atoms. The van der Waals surface area contributed by atoms with Crippen molar-refractivity contribution in [3.8, 4) is 0 Å². The van der Waals surface area contributed by atoms with E-state index in [-0.39, 0.29) is 10.8 Å². The van der Waals surface area contributed by atoms with Crippen LogP contribution in [0.2, 0.25) is 0 Å². The zero-order valence-corrected chi connectivity index (χ0v) is 17.6. The van der Waals surface area contributed by atoms with Crippen LogP contribution in [0.25, 0.3) is 21.9 Å². The molecule has 6 nitrogen and oxygen atoms in total. The van der Waals surface area contributed by atoms with Gasteiger partial charge >= 0.3 is 5.97 Å². The molecule has 0 fully saturated rings. The zero-order valence-electron chi connectivity index (χ0n) is 15.2. The number of ether oxygens (including phenoxy) is 1. The molecule has 0 unspecified atom stereocenters. The molecule has 27 heavy (non-hydrogen) atoms. The predicted molar refractivity (Wildman–Crippen MR) is 107 cm³/mol. The highest BCUT2D eigenvalue weighted by Gasteiger charge is 2.27. The summed E-state index contributed by atoms with van der Waals surface area (Å²) in [4.78, 5) is 12.0. The first-order valence-electron chi connectivity index (χ1n) is 8.43. The topological polar surface area (TPSA) is 85.6 Å². The smallest absolute Gasteiger partial charge is 0.323 e. The molecular formula is C19H20BrNO5S. The number of carbonyl (C=O) groups is 1. The first kappa shape index (κ1) is 19.9. The Hall–Kier alpha value is -1.90. The summed E-state index contributed by atoms with van der Waals surface area (Å²) in [5.74, 6) is -0.484. The molecule has 0 aliphatic heterocycles. The van der Waals surface area contributed by atoms with Crippen LogP contribution in [0.3, 0.4) is 0 Å². The largest absolute Gasteiger partial charge is 0.468 e. The van der Waals surface area contributed by atoms with Crippen molar-refractivity contribution in [3.05, 3.63) is 40.9 Å². The van der Waals surface area contributed by atoms with Crippen LogP contribution in [0.5, 0.6) is 0 Å². The lowest BCUT2D eigenvalue weighted by Gasteiger charge is -2.18. The summed E-state index contributed by atoms with van der Waals surface area (Å²) >= 11 is 3.39. The Kier molecular flexibility index (Phi) is 5.60. The molecule has 1 atom stereocenters. The summed E-state index contributed by atoms with van der Waals surface area (Å²) < 4.78 is 39.5. The van der Waals surface area contributed by atoms with Crippen LogP contribution in [0.15, 0.2) is 50.2 Å². The van der Waals surface area contributed by atoms with E-state index >= 15 is 0 Å². The molecule has 2 aromatic carbocycles. The second-order valence-corrected chi connectivity index (χ2v) is 9.36. The maximum Gasteiger partial charge on any atom is 0.323 e. The molecule has 3 aromatic rings. The molecule has 1 aromatic heterocycles. The van der Waals surface area contributed by atoms with Gasteiger partial charge in [-0.1, -0.05) is 29.8 Å². The van der Waals surface area contributed by atoms with Gasteiger partial charge in [0.05, 0.1) is 12.0 Å². The summed E-state index contributed by atoms with van der Waals surface area (Å²) in [6, 6.07) is 9.27. The van der Waals surface area contributed by atoms with Crippen molar-refractivity contribution in [1.82, 2.24) is 4.72 Å². The number of halogens is 1. The van der Waals surface area contributed by atoms with Gasteiger partial charge in [-0.05, 0) is 48.7 Å². The van der Waals surface area contributed by atoms with E-state index in [9.17, 15) is 13.2 Å². The molecule has 0 saturated carbocycles. The molecule has 0 spiro atoms. The van der Waals surface area contributed by atoms with Gasteiger partial charge in [0.25, 0.3) is 0 Å². The Morgan fingerprint density at radius 3 is 2.56 bits per heavy atom. The van der Waals surface area contributed by atoms with E-state index < -0.39 is 22.0 Å². The highest BCUT2D eigenvalue weighted by Crippen LogP contribution is 2.32. The number of hydrogen-bond acceptors (Lipinski definition) is 5. The lowest BCUT2D eigenvalue weighted by molar-refractivity contribution is -0.143. The fourth-order valence-electron chi connectivity index (χ4n) is 2.96. The number of methoxy groups -OCH3 is 1. The number of sulfonamides is 1. The number of fused-ring (bicyclic) bond motifs is 3. The zero-order chi connectivity index (χ0) is 19.8. The minimum Gasteiger partial charge on any atom is -0.468 e. The Labute approximate surface area is 166 Å². The molecule has 0 aliphatic carbocycles. The SMILES string of the molecule is COC(=O)[C@@H](CC(C)C)NS(=O)(=O)c1ccc2oc3cc(Br)ccc3c2c1. The van der Waals surface area contributed by atoms with Crippen LogP contribution in [0.4, 0.5) is 0 Å². The molecule has 1 N–H and O–H groups in total. The minimum absolute atomic E-state index is 0.0678. The van der Waals surface area contributed by atoms with Gasteiger partial charge in [-0.2, -0.15) is 4.72 Å². The van der Waals surface area contributed by atoms with Gasteiger partial charge < -0.3 is 9.15 Å². The molecule has 0 aliphatic rings. The first-order valence-corrected chi connectivity index (χ1v) is 10.7. The summed E-state index contributed by atoms with van der Waals surface area (Å²) in [6.07, 6.45) is 0.344. The average molecular weight is 454 g/mol. The maximum atomic E-state index is 12.8. The van der Waals surface area contributed by atoms with E-state index in [4.69, 9.17) is 9.15 Å². The van der Waals surface area contributed by atoms with Crippen LogP contribution in [-0.2, 0) is 19.6 Å². The average Bonchev–Trinajstić information content (AvgIpc) is 2.96. The highest BCUT2D eigenvalue weighted by molar-refractivity contribution is 9.10. The number of carbonyl (C=O) groups excluding carboxylic acids is 1. The van der Waals surface area contributed by atoms with E-state index in [0.29, 0.717) is 23.0 Å². The quantitative estimate of drug-likeness (QED) is 0.564. The van der Waals surface area contributed by atoms with Crippen LogP contribution in [0.1, 0.15) is 20.3 Å². The monoisotopic (exact) mass is 453 g/mol. The fraction of sp³-hybridized carbons (Fsp3) is 0.316. The van der Waals surface area contributed by atoms with Gasteiger partial charge in [-0.25, -0.2) is 8.42 Å². The van der Waals surface area contributed by atoms with Crippen molar-refractivity contribution in [2.45, 2.75) is 31.2 Å². The van der Waals surface area contributed by atoms with Gasteiger partial charge in [0.1, 0.15) is 17.2 Å². The lowest BCUT2D eigenvalue weighted by atomic mass is 10.1. The van der Waals surface area contributed by atoms with E-state index in [1.807, 2.05) is 32.0 Å². The molecule has 144 valence electrons. The van der Waals surface area contributed by atoms with E-state index in [1.54, 1.807) is 12.1 Å². The maximum absolute atomic E-state index is 12.8. The fourth-order valence-corrected chi connectivity index (χ4v) is 4.52. The standard InChI is InChI=1S/C19H20BrNO5S/c1-11(2)8-16(19(22)25-3)21-27(23,24)13-5-7-17-15(10-13)14-6-4-12(20)9-18(14)26-17/h4-7,9-11,16,21H,8H2,1-3H3/t16-/m1/s1. The number of esters is 1. The summed E-state index contributed by atoms with van der Waals surface area (Å²) in [6.45, 7) is 3.82. The van der Waals surface area contributed by atoms with Gasteiger partial charge in [0, 0.05) is 15.2 Å². The number of hydrogen-bond donors (Lipinski definition) is 1. The summed E-state index contributed by atoms with van der Waals surface area (Å²) in [5, 5.41) is 1.51. The Balaban J connectivity index is 2.01. The number of furan rings is 1. The van der Waals surface area contributed by atoms with E-state index in [1.165, 1.54) is 13.2 Å².